The van der Waals surface area contributed by atoms with E-state index < -0.39 is 29.6 Å². The summed E-state index contributed by atoms with van der Waals surface area (Å²) in [7, 11) is 1.51. The summed E-state index contributed by atoms with van der Waals surface area (Å²) >= 11 is 0. The van der Waals surface area contributed by atoms with Gasteiger partial charge in [0.15, 0.2) is 0 Å². The summed E-state index contributed by atoms with van der Waals surface area (Å²) in [5.41, 5.74) is 1.32. The fourth-order valence-electron chi connectivity index (χ4n) is 4.47. The Morgan fingerprint density at radius 3 is 2.29 bits per heavy atom. The molecule has 0 radical (unpaired) electrons. The lowest BCUT2D eigenvalue weighted by atomic mass is 9.92. The van der Waals surface area contributed by atoms with Gasteiger partial charge in [-0.3, -0.25) is 14.4 Å². The van der Waals surface area contributed by atoms with Crippen LogP contribution in [-0.4, -0.2) is 43.1 Å². The van der Waals surface area contributed by atoms with Gasteiger partial charge < -0.3 is 9.47 Å². The highest BCUT2D eigenvalue weighted by atomic mass is 16.5. The van der Waals surface area contributed by atoms with Crippen molar-refractivity contribution in [3.8, 4) is 11.5 Å². The summed E-state index contributed by atoms with van der Waals surface area (Å²) in [5.74, 6) is -1.30. The van der Waals surface area contributed by atoms with Gasteiger partial charge in [-0.15, -0.1) is 0 Å². The number of anilines is 2. The molecule has 0 bridgehead atoms. The summed E-state index contributed by atoms with van der Waals surface area (Å²) in [5, 5.41) is 5.97. The van der Waals surface area contributed by atoms with Gasteiger partial charge in [0, 0.05) is 5.56 Å². The lowest BCUT2D eigenvalue weighted by molar-refractivity contribution is -0.121. The van der Waals surface area contributed by atoms with Gasteiger partial charge in [-0.1, -0.05) is 42.5 Å². The van der Waals surface area contributed by atoms with E-state index in [0.29, 0.717) is 35.0 Å². The Kier molecular flexibility index (Phi) is 5.78. The molecule has 3 aromatic carbocycles. The van der Waals surface area contributed by atoms with Crippen molar-refractivity contribution in [3.05, 3.63) is 84.4 Å². The maximum atomic E-state index is 13.7. The topological polar surface area (TPSA) is 88.5 Å². The van der Waals surface area contributed by atoms with E-state index in [1.54, 1.807) is 78.9 Å². The summed E-state index contributed by atoms with van der Waals surface area (Å²) in [4.78, 5) is 41.9. The van der Waals surface area contributed by atoms with Crippen molar-refractivity contribution in [2.24, 2.45) is 11.0 Å². The molecule has 2 heterocycles. The number of carbonyl (C=O) groups excluding carboxylic acids is 3. The third kappa shape index (κ3) is 3.73. The molecule has 0 aromatic heterocycles. The van der Waals surface area contributed by atoms with E-state index in [0.717, 1.165) is 4.90 Å². The Hall–Kier alpha value is -4.46. The molecule has 0 N–H and O–H groups in total. The molecule has 2 aliphatic rings. The van der Waals surface area contributed by atoms with Gasteiger partial charge in [-0.2, -0.15) is 5.10 Å². The minimum atomic E-state index is -1.05. The second-order valence-corrected chi connectivity index (χ2v) is 8.06. The molecule has 0 unspecified atom stereocenters. The van der Waals surface area contributed by atoms with Crippen molar-refractivity contribution in [2.75, 3.05) is 23.6 Å². The number of imide groups is 1. The zero-order valence-corrected chi connectivity index (χ0v) is 19.3. The Morgan fingerprint density at radius 2 is 1.60 bits per heavy atom. The van der Waals surface area contributed by atoms with E-state index >= 15 is 0 Å². The molecule has 3 aromatic rings. The molecule has 2 atom stereocenters. The first-order valence-corrected chi connectivity index (χ1v) is 11.3. The summed E-state index contributed by atoms with van der Waals surface area (Å²) < 4.78 is 11.0. The molecule has 2 aliphatic heterocycles. The molecule has 8 heteroatoms. The zero-order chi connectivity index (χ0) is 24.5. The maximum absolute atomic E-state index is 13.7. The van der Waals surface area contributed by atoms with Crippen molar-refractivity contribution in [1.82, 2.24) is 0 Å². The van der Waals surface area contributed by atoms with Crippen LogP contribution in [0.25, 0.3) is 0 Å². The smallest absolute Gasteiger partial charge is 0.259 e. The molecule has 0 saturated carbocycles. The second-order valence-electron chi connectivity index (χ2n) is 8.06. The molecular formula is C27H23N3O5. The number of ketones is 1. The third-order valence-electron chi connectivity index (χ3n) is 6.06. The number of benzene rings is 3. The average molecular weight is 469 g/mol. The molecule has 5 rings (SSSR count). The highest BCUT2D eigenvalue weighted by Gasteiger charge is 2.59. The average Bonchev–Trinajstić information content (AvgIpc) is 3.41. The largest absolute Gasteiger partial charge is 0.495 e. The lowest BCUT2D eigenvalue weighted by Crippen LogP contribution is -2.39. The first-order chi connectivity index (χ1) is 17.0. The first kappa shape index (κ1) is 22.3. The van der Waals surface area contributed by atoms with Crippen LogP contribution in [0.2, 0.25) is 0 Å². The predicted octanol–water partition coefficient (Wildman–Crippen LogP) is 3.71. The number of hydrogen-bond acceptors (Lipinski definition) is 7. The number of nitrogens with zero attached hydrogens (tertiary/aromatic N) is 3. The van der Waals surface area contributed by atoms with Crippen LogP contribution in [0.15, 0.2) is 84.0 Å². The number of ether oxygens (including phenoxy) is 2. The van der Waals surface area contributed by atoms with Crippen LogP contribution < -0.4 is 19.4 Å². The Bertz CT molecular complexity index is 1320. The number of methoxy groups -OCH3 is 1. The van der Waals surface area contributed by atoms with E-state index in [-0.39, 0.29) is 5.71 Å². The summed E-state index contributed by atoms with van der Waals surface area (Å²) in [6.07, 6.45) is 0. The third-order valence-corrected chi connectivity index (χ3v) is 6.06. The number of hydrogen-bond donors (Lipinski definition) is 0. The number of amides is 2. The maximum Gasteiger partial charge on any atom is 0.259 e. The molecule has 0 spiro atoms. The van der Waals surface area contributed by atoms with Gasteiger partial charge in [0.25, 0.3) is 5.91 Å². The number of Topliss-reactive ketones (excluding diaryl/α,β-unsaturated/α-hetero) is 1. The summed E-state index contributed by atoms with van der Waals surface area (Å²) in [6, 6.07) is 21.4. The SMILES string of the molecule is CCOc1ccc(N2C(=O)[C@H]3C(C(=O)c4ccccc4)=NN(c4ccccc4OC)[C@@H]3C2=O)cc1. The highest BCUT2D eigenvalue weighted by Crippen LogP contribution is 2.41. The first-order valence-electron chi connectivity index (χ1n) is 11.3. The predicted molar refractivity (Wildman–Crippen MR) is 131 cm³/mol. The second kappa shape index (κ2) is 9.06. The molecule has 35 heavy (non-hydrogen) atoms. The lowest BCUT2D eigenvalue weighted by Gasteiger charge is -2.23. The van der Waals surface area contributed by atoms with Crippen LogP contribution in [0.1, 0.15) is 17.3 Å². The van der Waals surface area contributed by atoms with Crippen LogP contribution in [0, 0.1) is 5.92 Å². The van der Waals surface area contributed by atoms with E-state index in [1.807, 2.05) is 6.92 Å². The fourth-order valence-corrected chi connectivity index (χ4v) is 4.47. The van der Waals surface area contributed by atoms with Crippen LogP contribution in [0.3, 0.4) is 0 Å². The van der Waals surface area contributed by atoms with Crippen LogP contribution in [0.5, 0.6) is 11.5 Å². The summed E-state index contributed by atoms with van der Waals surface area (Å²) in [6.45, 7) is 2.38. The highest BCUT2D eigenvalue weighted by molar-refractivity contribution is 6.53. The van der Waals surface area contributed by atoms with Gasteiger partial charge in [-0.25, -0.2) is 9.91 Å². The van der Waals surface area contributed by atoms with Crippen molar-refractivity contribution in [2.45, 2.75) is 13.0 Å². The molecule has 1 saturated heterocycles. The van der Waals surface area contributed by atoms with Crippen molar-refractivity contribution in [3.63, 3.8) is 0 Å². The Balaban J connectivity index is 1.59. The van der Waals surface area contributed by atoms with Crippen molar-refractivity contribution < 1.29 is 23.9 Å². The number of rotatable bonds is 7. The quantitative estimate of drug-likeness (QED) is 0.387. The molecule has 2 amide bonds. The monoisotopic (exact) mass is 469 g/mol. The molecular weight excluding hydrogens is 446 g/mol. The van der Waals surface area contributed by atoms with Gasteiger partial charge in [0.05, 0.1) is 19.4 Å². The van der Waals surface area contributed by atoms with Crippen LogP contribution >= 0.6 is 0 Å². The fraction of sp³-hybridized carbons (Fsp3) is 0.185. The Labute approximate surface area is 202 Å². The molecule has 0 aliphatic carbocycles. The van der Waals surface area contributed by atoms with E-state index in [9.17, 15) is 14.4 Å². The van der Waals surface area contributed by atoms with Crippen molar-refractivity contribution in [1.29, 1.82) is 0 Å². The molecule has 1 fully saturated rings. The van der Waals surface area contributed by atoms with Gasteiger partial charge in [-0.05, 0) is 43.3 Å². The zero-order valence-electron chi connectivity index (χ0n) is 19.3. The van der Waals surface area contributed by atoms with Crippen molar-refractivity contribution >= 4 is 34.7 Å². The number of fused-ring (bicyclic) bond motifs is 1. The van der Waals surface area contributed by atoms with Crippen LogP contribution in [0.4, 0.5) is 11.4 Å². The molecule has 8 nitrogen and oxygen atoms in total. The van der Waals surface area contributed by atoms with Crippen LogP contribution in [-0.2, 0) is 9.59 Å². The Morgan fingerprint density at radius 1 is 0.914 bits per heavy atom. The van der Waals surface area contributed by atoms with E-state index in [1.165, 1.54) is 12.1 Å². The number of hydrazone groups is 1. The van der Waals surface area contributed by atoms with Gasteiger partial charge in [0.1, 0.15) is 34.9 Å². The van der Waals surface area contributed by atoms with Gasteiger partial charge in [0.2, 0.25) is 11.7 Å². The van der Waals surface area contributed by atoms with E-state index in [4.69, 9.17) is 9.47 Å². The minimum Gasteiger partial charge on any atom is -0.495 e. The van der Waals surface area contributed by atoms with E-state index in [2.05, 4.69) is 5.10 Å². The number of carbonyl (C=O) groups is 3. The molecule has 176 valence electrons. The van der Waals surface area contributed by atoms with Gasteiger partial charge >= 0.3 is 0 Å². The minimum absolute atomic E-state index is 0.0268. The number of para-hydroxylation sites is 2. The normalized spacial score (nSPS) is 19.0. The standard InChI is InChI=1S/C27H23N3O5/c1-3-35-19-15-13-18(14-16-19)29-26(32)22-23(25(31)17-9-5-4-6-10-17)28-30(24(22)27(29)33)20-11-7-8-12-21(20)34-2/h4-16,22,24H,3H2,1-2H3/t22-,24-/m0/s1.